The van der Waals surface area contributed by atoms with Crippen molar-refractivity contribution in [3.8, 4) is 5.88 Å². The molecule has 0 aromatic carbocycles. The molecule has 1 aliphatic rings. The van der Waals surface area contributed by atoms with Gasteiger partial charge in [-0.05, 0) is 12.8 Å². The molecule has 1 aromatic rings. The minimum Gasteiger partial charge on any atom is -0.494 e. The van der Waals surface area contributed by atoms with E-state index in [0.717, 1.165) is 28.6 Å². The molecule has 1 atom stereocenters. The number of hydrogen-bond acceptors (Lipinski definition) is 5. The van der Waals surface area contributed by atoms with Gasteiger partial charge in [-0.15, -0.1) is 0 Å². The Hall–Kier alpha value is -1.89. The summed E-state index contributed by atoms with van der Waals surface area (Å²) in [4.78, 5) is 27.5. The van der Waals surface area contributed by atoms with Crippen LogP contribution in [0.15, 0.2) is 14.6 Å². The van der Waals surface area contributed by atoms with Gasteiger partial charge in [-0.3, -0.25) is 18.9 Å². The van der Waals surface area contributed by atoms with Crippen molar-refractivity contribution in [3.05, 3.63) is 26.4 Å². The third-order valence-corrected chi connectivity index (χ3v) is 3.22. The van der Waals surface area contributed by atoms with Crippen molar-refractivity contribution in [3.63, 3.8) is 0 Å². The van der Waals surface area contributed by atoms with Crippen LogP contribution in [0.25, 0.3) is 0 Å². The van der Waals surface area contributed by atoms with Crippen molar-refractivity contribution in [1.82, 2.24) is 9.13 Å². The van der Waals surface area contributed by atoms with Crippen LogP contribution in [-0.4, -0.2) is 39.7 Å². The summed E-state index contributed by atoms with van der Waals surface area (Å²) in [6.07, 6.45) is 3.36. The standard InChI is InChI=1S/C12H17N3O4/c1-14-10(16)9(11(17)15(2)12(14)18)7-13-6-8-4-3-5-19-8/h7-8,16H,3-6H2,1-2H3/t8-/m1/s1. The summed E-state index contributed by atoms with van der Waals surface area (Å²) in [6.45, 7) is 1.19. The SMILES string of the molecule is Cn1c(O)c(C=NC[C@H]2CCCO2)c(=O)n(C)c1=O. The Bertz CT molecular complexity index is 609. The monoisotopic (exact) mass is 267 g/mol. The Morgan fingerprint density at radius 1 is 1.42 bits per heavy atom. The van der Waals surface area contributed by atoms with Gasteiger partial charge in [0.05, 0.1) is 12.6 Å². The van der Waals surface area contributed by atoms with Gasteiger partial charge in [-0.2, -0.15) is 0 Å². The molecule has 0 bridgehead atoms. The van der Waals surface area contributed by atoms with Gasteiger partial charge in [0.25, 0.3) is 5.56 Å². The largest absolute Gasteiger partial charge is 0.494 e. The molecular formula is C12H17N3O4. The van der Waals surface area contributed by atoms with Crippen molar-refractivity contribution in [2.75, 3.05) is 13.2 Å². The van der Waals surface area contributed by atoms with E-state index in [2.05, 4.69) is 4.99 Å². The zero-order chi connectivity index (χ0) is 14.0. The van der Waals surface area contributed by atoms with Crippen LogP contribution in [0.3, 0.4) is 0 Å². The molecule has 0 aliphatic carbocycles. The number of nitrogens with zero attached hydrogens (tertiary/aromatic N) is 3. The summed E-state index contributed by atoms with van der Waals surface area (Å²) in [5.41, 5.74) is -1.11. The number of aromatic hydroxyl groups is 1. The minimum atomic E-state index is -0.571. The van der Waals surface area contributed by atoms with Gasteiger partial charge in [0.15, 0.2) is 0 Å². The molecule has 0 amide bonds. The molecule has 2 rings (SSSR count). The van der Waals surface area contributed by atoms with E-state index < -0.39 is 11.2 Å². The van der Waals surface area contributed by atoms with Crippen molar-refractivity contribution in [1.29, 1.82) is 0 Å². The molecule has 1 aliphatic heterocycles. The highest BCUT2D eigenvalue weighted by Gasteiger charge is 2.15. The molecule has 0 saturated carbocycles. The summed E-state index contributed by atoms with van der Waals surface area (Å²) in [5.74, 6) is -0.371. The van der Waals surface area contributed by atoms with E-state index in [4.69, 9.17) is 4.74 Å². The third-order valence-electron chi connectivity index (χ3n) is 3.22. The molecule has 1 N–H and O–H groups in total. The second-order valence-electron chi connectivity index (χ2n) is 4.57. The number of aliphatic imine (C=N–C) groups is 1. The highest BCUT2D eigenvalue weighted by atomic mass is 16.5. The Morgan fingerprint density at radius 2 is 2.16 bits per heavy atom. The zero-order valence-electron chi connectivity index (χ0n) is 11.0. The van der Waals surface area contributed by atoms with E-state index in [1.165, 1.54) is 20.3 Å². The maximum absolute atomic E-state index is 11.9. The van der Waals surface area contributed by atoms with E-state index in [0.29, 0.717) is 6.54 Å². The van der Waals surface area contributed by atoms with Crippen LogP contribution in [0.2, 0.25) is 0 Å². The highest BCUT2D eigenvalue weighted by Crippen LogP contribution is 2.12. The molecule has 0 radical (unpaired) electrons. The molecular weight excluding hydrogens is 250 g/mol. The van der Waals surface area contributed by atoms with E-state index in [1.54, 1.807) is 0 Å². The van der Waals surface area contributed by atoms with E-state index in [9.17, 15) is 14.7 Å². The van der Waals surface area contributed by atoms with Crippen LogP contribution in [0.4, 0.5) is 0 Å². The highest BCUT2D eigenvalue weighted by molar-refractivity contribution is 5.81. The van der Waals surface area contributed by atoms with Gasteiger partial charge < -0.3 is 9.84 Å². The van der Waals surface area contributed by atoms with Crippen molar-refractivity contribution < 1.29 is 9.84 Å². The summed E-state index contributed by atoms with van der Waals surface area (Å²) in [7, 11) is 2.76. The van der Waals surface area contributed by atoms with Gasteiger partial charge in [-0.25, -0.2) is 4.79 Å². The van der Waals surface area contributed by atoms with Crippen molar-refractivity contribution in [2.45, 2.75) is 18.9 Å². The van der Waals surface area contributed by atoms with Crippen LogP contribution in [-0.2, 0) is 18.8 Å². The van der Waals surface area contributed by atoms with Gasteiger partial charge >= 0.3 is 5.69 Å². The molecule has 1 aromatic heterocycles. The average molecular weight is 267 g/mol. The first kappa shape index (κ1) is 13.5. The summed E-state index contributed by atoms with van der Waals surface area (Å²) in [6, 6.07) is 0. The van der Waals surface area contributed by atoms with E-state index >= 15 is 0 Å². The molecule has 104 valence electrons. The van der Waals surface area contributed by atoms with Gasteiger partial charge in [0.1, 0.15) is 5.56 Å². The number of rotatable bonds is 3. The van der Waals surface area contributed by atoms with Crippen molar-refractivity contribution >= 4 is 6.21 Å². The summed E-state index contributed by atoms with van der Waals surface area (Å²) < 4.78 is 7.35. The lowest BCUT2D eigenvalue weighted by Gasteiger charge is -2.07. The first-order valence-corrected chi connectivity index (χ1v) is 6.12. The molecule has 1 saturated heterocycles. The second-order valence-corrected chi connectivity index (χ2v) is 4.57. The molecule has 0 unspecified atom stereocenters. The Labute approximate surface area is 109 Å². The Kier molecular flexibility index (Phi) is 3.84. The first-order valence-electron chi connectivity index (χ1n) is 6.12. The maximum Gasteiger partial charge on any atom is 0.333 e. The fourth-order valence-corrected chi connectivity index (χ4v) is 2.02. The van der Waals surface area contributed by atoms with Gasteiger partial charge in [0, 0.05) is 26.9 Å². The molecule has 2 heterocycles. The molecule has 19 heavy (non-hydrogen) atoms. The quantitative estimate of drug-likeness (QED) is 0.740. The molecule has 0 spiro atoms. The summed E-state index contributed by atoms with van der Waals surface area (Å²) in [5, 5.41) is 9.80. The smallest absolute Gasteiger partial charge is 0.333 e. The summed E-state index contributed by atoms with van der Waals surface area (Å²) >= 11 is 0. The van der Waals surface area contributed by atoms with Crippen LogP contribution < -0.4 is 11.2 Å². The van der Waals surface area contributed by atoms with Gasteiger partial charge in [-0.1, -0.05) is 0 Å². The van der Waals surface area contributed by atoms with E-state index in [-0.39, 0.29) is 17.5 Å². The lowest BCUT2D eigenvalue weighted by Crippen LogP contribution is -2.38. The fourth-order valence-electron chi connectivity index (χ4n) is 2.02. The zero-order valence-corrected chi connectivity index (χ0v) is 11.0. The minimum absolute atomic E-state index is 0.0163. The Balaban J connectivity index is 2.27. The fraction of sp³-hybridized carbons (Fsp3) is 0.583. The Morgan fingerprint density at radius 3 is 2.79 bits per heavy atom. The topological polar surface area (TPSA) is 85.8 Å². The molecule has 7 heteroatoms. The van der Waals surface area contributed by atoms with Crippen molar-refractivity contribution in [2.24, 2.45) is 19.1 Å². The van der Waals surface area contributed by atoms with Crippen LogP contribution in [0.1, 0.15) is 18.4 Å². The predicted octanol–water partition coefficient (Wildman–Crippen LogP) is -0.612. The number of aromatic nitrogens is 2. The average Bonchev–Trinajstić information content (AvgIpc) is 2.91. The lowest BCUT2D eigenvalue weighted by atomic mass is 10.2. The number of hydrogen-bond donors (Lipinski definition) is 1. The molecule has 7 nitrogen and oxygen atoms in total. The van der Waals surface area contributed by atoms with Crippen LogP contribution >= 0.6 is 0 Å². The maximum atomic E-state index is 11.9. The third kappa shape index (κ3) is 2.60. The van der Waals surface area contributed by atoms with Crippen LogP contribution in [0.5, 0.6) is 5.88 Å². The second kappa shape index (κ2) is 5.40. The van der Waals surface area contributed by atoms with Crippen LogP contribution in [0, 0.1) is 0 Å². The lowest BCUT2D eigenvalue weighted by molar-refractivity contribution is 0.118. The van der Waals surface area contributed by atoms with Gasteiger partial charge in [0.2, 0.25) is 5.88 Å². The normalized spacial score (nSPS) is 19.4. The predicted molar refractivity (Wildman–Crippen MR) is 70.0 cm³/mol. The first-order chi connectivity index (χ1) is 9.02. The van der Waals surface area contributed by atoms with E-state index in [1.807, 2.05) is 0 Å². The molecule has 1 fully saturated rings. The number of ether oxygens (including phenoxy) is 1.